The van der Waals surface area contributed by atoms with Crippen molar-refractivity contribution in [3.05, 3.63) is 29.8 Å². The number of hydrogen-bond donors (Lipinski definition) is 2. The van der Waals surface area contributed by atoms with E-state index < -0.39 is 0 Å². The Hall–Kier alpha value is -1.02. The predicted octanol–water partition coefficient (Wildman–Crippen LogP) is 2.66. The predicted molar refractivity (Wildman–Crippen MR) is 69.9 cm³/mol. The molecule has 1 heterocycles. The van der Waals surface area contributed by atoms with Gasteiger partial charge in [0.1, 0.15) is 0 Å². The fourth-order valence-electron chi connectivity index (χ4n) is 2.20. The van der Waals surface area contributed by atoms with Gasteiger partial charge < -0.3 is 10.6 Å². The third-order valence-electron chi connectivity index (χ3n) is 3.08. The van der Waals surface area contributed by atoms with E-state index in [0.717, 1.165) is 19.0 Å². The van der Waals surface area contributed by atoms with Crippen LogP contribution < -0.4 is 10.6 Å². The van der Waals surface area contributed by atoms with E-state index in [1.807, 2.05) is 0 Å². The molecule has 2 N–H and O–H groups in total. The number of para-hydroxylation sites is 1. The maximum atomic E-state index is 3.61. The summed E-state index contributed by atoms with van der Waals surface area (Å²) in [7, 11) is 0. The lowest BCUT2D eigenvalue weighted by atomic mass is 9.98. The summed E-state index contributed by atoms with van der Waals surface area (Å²) < 4.78 is 0. The third-order valence-corrected chi connectivity index (χ3v) is 3.08. The third kappa shape index (κ3) is 2.99. The minimum atomic E-state index is 0.591. The molecule has 0 radical (unpaired) electrons. The van der Waals surface area contributed by atoms with Crippen LogP contribution >= 0.6 is 0 Å². The zero-order valence-electron chi connectivity index (χ0n) is 10.3. The molecule has 2 rings (SSSR count). The van der Waals surface area contributed by atoms with Gasteiger partial charge in [0.05, 0.1) is 0 Å². The number of fused-ring (bicyclic) bond motifs is 1. The van der Waals surface area contributed by atoms with Gasteiger partial charge >= 0.3 is 0 Å². The summed E-state index contributed by atoms with van der Waals surface area (Å²) in [5, 5.41) is 7.13. The molecule has 0 amide bonds. The summed E-state index contributed by atoms with van der Waals surface area (Å²) in [6.07, 6.45) is 2.44. The molecular weight excluding hydrogens is 196 g/mol. The van der Waals surface area contributed by atoms with Crippen molar-refractivity contribution in [1.82, 2.24) is 5.32 Å². The lowest BCUT2D eigenvalue weighted by Crippen LogP contribution is -2.37. The molecule has 0 spiro atoms. The first kappa shape index (κ1) is 11.5. The van der Waals surface area contributed by atoms with E-state index in [1.165, 1.54) is 24.1 Å². The normalized spacial score (nSPS) is 19.3. The smallest absolute Gasteiger partial charge is 0.0389 e. The maximum absolute atomic E-state index is 3.61. The quantitative estimate of drug-likeness (QED) is 0.812. The van der Waals surface area contributed by atoms with Crippen LogP contribution in [0.15, 0.2) is 24.3 Å². The summed E-state index contributed by atoms with van der Waals surface area (Å²) in [4.78, 5) is 0. The van der Waals surface area contributed by atoms with Crippen LogP contribution in [0.3, 0.4) is 0 Å². The zero-order chi connectivity index (χ0) is 11.4. The Labute approximate surface area is 98.4 Å². The van der Waals surface area contributed by atoms with Gasteiger partial charge in [-0.1, -0.05) is 32.0 Å². The molecule has 0 bridgehead atoms. The Balaban J connectivity index is 1.83. The van der Waals surface area contributed by atoms with E-state index in [0.29, 0.717) is 6.04 Å². The van der Waals surface area contributed by atoms with Crippen LogP contribution in [0.5, 0.6) is 0 Å². The van der Waals surface area contributed by atoms with Crippen molar-refractivity contribution in [1.29, 1.82) is 0 Å². The van der Waals surface area contributed by atoms with Crippen LogP contribution in [0, 0.1) is 5.92 Å². The van der Waals surface area contributed by atoms with E-state index in [9.17, 15) is 0 Å². The highest BCUT2D eigenvalue weighted by Gasteiger charge is 2.16. The highest BCUT2D eigenvalue weighted by molar-refractivity contribution is 5.53. The van der Waals surface area contributed by atoms with Gasteiger partial charge in [0, 0.05) is 18.3 Å². The van der Waals surface area contributed by atoms with Crippen molar-refractivity contribution < 1.29 is 0 Å². The van der Waals surface area contributed by atoms with Gasteiger partial charge in [-0.3, -0.25) is 0 Å². The Morgan fingerprint density at radius 2 is 2.19 bits per heavy atom. The molecule has 0 aliphatic carbocycles. The Morgan fingerprint density at radius 3 is 3.00 bits per heavy atom. The molecule has 0 fully saturated rings. The van der Waals surface area contributed by atoms with Crippen molar-refractivity contribution >= 4 is 5.69 Å². The number of nitrogens with one attached hydrogen (secondary N) is 2. The van der Waals surface area contributed by atoms with E-state index in [2.05, 4.69) is 48.7 Å². The minimum Gasteiger partial charge on any atom is -0.381 e. The van der Waals surface area contributed by atoms with Gasteiger partial charge in [0.25, 0.3) is 0 Å². The number of rotatable bonds is 4. The molecule has 16 heavy (non-hydrogen) atoms. The monoisotopic (exact) mass is 218 g/mol. The van der Waals surface area contributed by atoms with E-state index >= 15 is 0 Å². The largest absolute Gasteiger partial charge is 0.381 e. The molecule has 1 aromatic carbocycles. The van der Waals surface area contributed by atoms with Gasteiger partial charge in [-0.2, -0.15) is 0 Å². The number of benzene rings is 1. The first-order valence-corrected chi connectivity index (χ1v) is 6.31. The van der Waals surface area contributed by atoms with E-state index in [-0.39, 0.29) is 0 Å². The topological polar surface area (TPSA) is 24.1 Å². The molecule has 1 atom stereocenters. The first-order chi connectivity index (χ1) is 7.75. The van der Waals surface area contributed by atoms with Crippen molar-refractivity contribution in [2.75, 3.05) is 18.4 Å². The van der Waals surface area contributed by atoms with Gasteiger partial charge in [-0.15, -0.1) is 0 Å². The Bertz CT molecular complexity index is 333. The molecule has 2 heteroatoms. The Kier molecular flexibility index (Phi) is 3.83. The lowest BCUT2D eigenvalue weighted by Gasteiger charge is -2.27. The first-order valence-electron chi connectivity index (χ1n) is 6.31. The summed E-state index contributed by atoms with van der Waals surface area (Å²) in [5.41, 5.74) is 2.78. The fourth-order valence-corrected chi connectivity index (χ4v) is 2.20. The average Bonchev–Trinajstić information content (AvgIpc) is 2.28. The lowest BCUT2D eigenvalue weighted by molar-refractivity contribution is 0.507. The van der Waals surface area contributed by atoms with Gasteiger partial charge in [-0.05, 0) is 36.9 Å². The second kappa shape index (κ2) is 5.35. The molecule has 0 aromatic heterocycles. The molecule has 1 aliphatic rings. The van der Waals surface area contributed by atoms with Crippen molar-refractivity contribution in [3.63, 3.8) is 0 Å². The summed E-state index contributed by atoms with van der Waals surface area (Å²) in [6, 6.07) is 9.23. The van der Waals surface area contributed by atoms with Gasteiger partial charge in [-0.25, -0.2) is 0 Å². The molecule has 1 aromatic rings. The maximum Gasteiger partial charge on any atom is 0.0389 e. The van der Waals surface area contributed by atoms with Crippen molar-refractivity contribution in [2.24, 2.45) is 5.92 Å². The SMILES string of the molecule is CC(C)CNCC1CCc2ccccc2N1. The highest BCUT2D eigenvalue weighted by Crippen LogP contribution is 2.23. The number of anilines is 1. The molecule has 0 saturated carbocycles. The minimum absolute atomic E-state index is 0.591. The molecule has 1 aliphatic heterocycles. The van der Waals surface area contributed by atoms with Crippen LogP contribution in [0.2, 0.25) is 0 Å². The van der Waals surface area contributed by atoms with Gasteiger partial charge in [0.2, 0.25) is 0 Å². The highest BCUT2D eigenvalue weighted by atomic mass is 15.0. The van der Waals surface area contributed by atoms with Crippen LogP contribution in [-0.4, -0.2) is 19.1 Å². The van der Waals surface area contributed by atoms with Crippen LogP contribution in [0.4, 0.5) is 5.69 Å². The second-order valence-electron chi connectivity index (χ2n) is 5.09. The van der Waals surface area contributed by atoms with Gasteiger partial charge in [0.15, 0.2) is 0 Å². The van der Waals surface area contributed by atoms with E-state index in [1.54, 1.807) is 0 Å². The molecule has 0 saturated heterocycles. The van der Waals surface area contributed by atoms with Crippen molar-refractivity contribution in [2.45, 2.75) is 32.7 Å². The van der Waals surface area contributed by atoms with Crippen LogP contribution in [-0.2, 0) is 6.42 Å². The number of aryl methyl sites for hydroxylation is 1. The zero-order valence-corrected chi connectivity index (χ0v) is 10.3. The molecule has 1 unspecified atom stereocenters. The molecule has 2 nitrogen and oxygen atoms in total. The Morgan fingerprint density at radius 1 is 1.38 bits per heavy atom. The van der Waals surface area contributed by atoms with Crippen molar-refractivity contribution in [3.8, 4) is 0 Å². The summed E-state index contributed by atoms with van der Waals surface area (Å²) in [5.74, 6) is 0.732. The summed E-state index contributed by atoms with van der Waals surface area (Å²) >= 11 is 0. The standard InChI is InChI=1S/C14H22N2/c1-11(2)9-15-10-13-8-7-12-5-3-4-6-14(12)16-13/h3-6,11,13,15-16H,7-10H2,1-2H3. The van der Waals surface area contributed by atoms with Crippen LogP contribution in [0.1, 0.15) is 25.8 Å². The van der Waals surface area contributed by atoms with E-state index in [4.69, 9.17) is 0 Å². The number of hydrogen-bond acceptors (Lipinski definition) is 2. The average molecular weight is 218 g/mol. The summed E-state index contributed by atoms with van der Waals surface area (Å²) in [6.45, 7) is 6.68. The fraction of sp³-hybridized carbons (Fsp3) is 0.571. The molecular formula is C14H22N2. The second-order valence-corrected chi connectivity index (χ2v) is 5.09. The molecule has 88 valence electrons. The van der Waals surface area contributed by atoms with Crippen LogP contribution in [0.25, 0.3) is 0 Å².